The predicted molar refractivity (Wildman–Crippen MR) is 84.1 cm³/mol. The van der Waals surface area contributed by atoms with E-state index in [1.54, 1.807) is 15.8 Å². The van der Waals surface area contributed by atoms with E-state index in [4.69, 9.17) is 0 Å². The molecular weight excluding hydrogens is 298 g/mol. The normalized spacial score (nSPS) is 23.7. The van der Waals surface area contributed by atoms with E-state index in [0.717, 1.165) is 39.3 Å². The summed E-state index contributed by atoms with van der Waals surface area (Å²) in [5.74, 6) is -0.166. The van der Waals surface area contributed by atoms with E-state index in [1.165, 1.54) is 0 Å². The van der Waals surface area contributed by atoms with Crippen LogP contribution in [0.2, 0.25) is 0 Å². The molecule has 0 bridgehead atoms. The molecule has 9 heteroatoms. The number of aromatic nitrogens is 3. The number of nitrogens with zero attached hydrogens (tertiary/aromatic N) is 5. The van der Waals surface area contributed by atoms with Crippen LogP contribution in [0.3, 0.4) is 0 Å². The number of rotatable bonds is 4. The lowest BCUT2D eigenvalue weighted by atomic mass is 10.3. The van der Waals surface area contributed by atoms with Crippen LogP contribution in [0, 0.1) is 0 Å². The number of carbonyl (C=O) groups is 1. The summed E-state index contributed by atoms with van der Waals surface area (Å²) >= 11 is 0. The van der Waals surface area contributed by atoms with Crippen LogP contribution < -0.4 is 10.6 Å². The fourth-order valence-electron chi connectivity index (χ4n) is 2.92. The first-order chi connectivity index (χ1) is 11.2. The molecule has 0 radical (unpaired) electrons. The van der Waals surface area contributed by atoms with Gasteiger partial charge in [-0.1, -0.05) is 5.21 Å². The van der Waals surface area contributed by atoms with Crippen molar-refractivity contribution < 1.29 is 9.90 Å². The third kappa shape index (κ3) is 4.47. The van der Waals surface area contributed by atoms with Gasteiger partial charge < -0.3 is 20.6 Å². The molecule has 0 unspecified atom stereocenters. The number of amides is 1. The van der Waals surface area contributed by atoms with Gasteiger partial charge in [0.05, 0.1) is 18.8 Å². The number of aliphatic hydroxyl groups is 1. The third-order valence-electron chi connectivity index (χ3n) is 4.27. The summed E-state index contributed by atoms with van der Waals surface area (Å²) < 4.78 is 1.72. The van der Waals surface area contributed by atoms with E-state index in [0.29, 0.717) is 31.9 Å². The number of hydrogen-bond donors (Lipinski definition) is 3. The Morgan fingerprint density at radius 1 is 1.22 bits per heavy atom. The minimum absolute atomic E-state index is 0.166. The first-order valence-electron chi connectivity index (χ1n) is 8.23. The lowest BCUT2D eigenvalue weighted by molar-refractivity contribution is 0.0667. The predicted octanol–water partition coefficient (Wildman–Crippen LogP) is -2.41. The Kier molecular flexibility index (Phi) is 5.55. The molecule has 3 N–H and O–H groups in total. The highest BCUT2D eigenvalue weighted by Crippen LogP contribution is 2.04. The molecule has 0 aromatic carbocycles. The summed E-state index contributed by atoms with van der Waals surface area (Å²) in [6.07, 6.45) is 1.17. The van der Waals surface area contributed by atoms with E-state index in [-0.39, 0.29) is 5.91 Å². The first kappa shape index (κ1) is 16.3. The van der Waals surface area contributed by atoms with Crippen molar-refractivity contribution in [3.8, 4) is 0 Å². The van der Waals surface area contributed by atoms with Crippen LogP contribution in [0.15, 0.2) is 6.20 Å². The van der Waals surface area contributed by atoms with Gasteiger partial charge in [0.15, 0.2) is 5.69 Å². The van der Waals surface area contributed by atoms with Gasteiger partial charge in [0, 0.05) is 58.9 Å². The highest BCUT2D eigenvalue weighted by atomic mass is 16.3. The minimum Gasteiger partial charge on any atom is -0.390 e. The quantitative estimate of drug-likeness (QED) is 0.568. The average molecular weight is 323 g/mol. The van der Waals surface area contributed by atoms with Crippen LogP contribution in [0.1, 0.15) is 10.5 Å². The molecule has 2 fully saturated rings. The van der Waals surface area contributed by atoms with Gasteiger partial charge in [-0.05, 0) is 0 Å². The second-order valence-electron chi connectivity index (χ2n) is 6.07. The van der Waals surface area contributed by atoms with Crippen molar-refractivity contribution in [3.63, 3.8) is 0 Å². The van der Waals surface area contributed by atoms with Crippen molar-refractivity contribution in [2.24, 2.45) is 0 Å². The van der Waals surface area contributed by atoms with Crippen molar-refractivity contribution >= 4 is 5.91 Å². The number of piperazine rings is 1. The monoisotopic (exact) mass is 323 g/mol. The zero-order chi connectivity index (χ0) is 16.1. The van der Waals surface area contributed by atoms with E-state index >= 15 is 0 Å². The Morgan fingerprint density at radius 2 is 2.00 bits per heavy atom. The standard InChI is InChI=1S/C14H25N7O2/c22-12-9-16-3-6-20(10-12)14(23)13-11-21(18-17-13)8-7-19-4-1-15-2-5-19/h11-12,15-16,22H,1-10H2/t12-/m0/s1. The maximum atomic E-state index is 12.5. The zero-order valence-electron chi connectivity index (χ0n) is 13.3. The Hall–Kier alpha value is -1.55. The van der Waals surface area contributed by atoms with Crippen molar-refractivity contribution in [2.75, 3.05) is 58.9 Å². The number of hydrogen-bond acceptors (Lipinski definition) is 7. The summed E-state index contributed by atoms with van der Waals surface area (Å²) in [5, 5.41) is 24.3. The largest absolute Gasteiger partial charge is 0.390 e. The molecule has 1 aromatic heterocycles. The highest BCUT2D eigenvalue weighted by Gasteiger charge is 2.23. The van der Waals surface area contributed by atoms with Gasteiger partial charge in [-0.3, -0.25) is 14.4 Å². The second kappa shape index (κ2) is 7.82. The van der Waals surface area contributed by atoms with Gasteiger partial charge >= 0.3 is 0 Å². The topological polar surface area (TPSA) is 98.6 Å². The molecule has 1 aromatic rings. The smallest absolute Gasteiger partial charge is 0.276 e. The molecule has 128 valence electrons. The SMILES string of the molecule is O=C(c1cn(CCN2CCNCC2)nn1)N1CCNC[C@H](O)C1. The van der Waals surface area contributed by atoms with Crippen LogP contribution in [-0.4, -0.2) is 101 Å². The van der Waals surface area contributed by atoms with E-state index < -0.39 is 6.10 Å². The molecule has 2 aliphatic rings. The molecule has 1 amide bonds. The van der Waals surface area contributed by atoms with Crippen molar-refractivity contribution in [1.82, 2.24) is 35.4 Å². The number of carbonyl (C=O) groups excluding carboxylic acids is 1. The molecule has 3 rings (SSSR count). The van der Waals surface area contributed by atoms with Crippen molar-refractivity contribution in [1.29, 1.82) is 0 Å². The lowest BCUT2D eigenvalue weighted by Crippen LogP contribution is -2.44. The molecule has 23 heavy (non-hydrogen) atoms. The van der Waals surface area contributed by atoms with Crippen LogP contribution in [0.4, 0.5) is 0 Å². The van der Waals surface area contributed by atoms with Crippen molar-refractivity contribution in [2.45, 2.75) is 12.6 Å². The number of aliphatic hydroxyl groups excluding tert-OH is 1. The van der Waals surface area contributed by atoms with E-state index in [2.05, 4.69) is 25.8 Å². The van der Waals surface area contributed by atoms with E-state index in [9.17, 15) is 9.90 Å². The fraction of sp³-hybridized carbons (Fsp3) is 0.786. The summed E-state index contributed by atoms with van der Waals surface area (Å²) in [7, 11) is 0. The Labute approximate surface area is 135 Å². The van der Waals surface area contributed by atoms with Gasteiger partial charge in [-0.25, -0.2) is 0 Å². The van der Waals surface area contributed by atoms with E-state index in [1.807, 2.05) is 0 Å². The molecule has 2 saturated heterocycles. The van der Waals surface area contributed by atoms with Crippen LogP contribution in [0.25, 0.3) is 0 Å². The van der Waals surface area contributed by atoms with Crippen LogP contribution >= 0.6 is 0 Å². The molecule has 0 saturated carbocycles. The lowest BCUT2D eigenvalue weighted by Gasteiger charge is -2.26. The summed E-state index contributed by atoms with van der Waals surface area (Å²) in [6.45, 7) is 7.86. The molecule has 1 atom stereocenters. The molecule has 3 heterocycles. The van der Waals surface area contributed by atoms with Crippen molar-refractivity contribution in [3.05, 3.63) is 11.9 Å². The molecule has 9 nitrogen and oxygen atoms in total. The number of β-amino-alcohol motifs (C(OH)–C–C–N with tert-alkyl or cyclic N) is 1. The Balaban J connectivity index is 1.54. The van der Waals surface area contributed by atoms with Gasteiger partial charge in [0.1, 0.15) is 0 Å². The van der Waals surface area contributed by atoms with Gasteiger partial charge in [0.2, 0.25) is 0 Å². The first-order valence-corrected chi connectivity index (χ1v) is 8.23. The maximum Gasteiger partial charge on any atom is 0.276 e. The molecular formula is C14H25N7O2. The molecule has 2 aliphatic heterocycles. The third-order valence-corrected chi connectivity index (χ3v) is 4.27. The zero-order valence-corrected chi connectivity index (χ0v) is 13.3. The molecule has 0 aliphatic carbocycles. The maximum absolute atomic E-state index is 12.5. The number of nitrogens with one attached hydrogen (secondary N) is 2. The highest BCUT2D eigenvalue weighted by molar-refractivity contribution is 5.92. The summed E-state index contributed by atoms with van der Waals surface area (Å²) in [6, 6.07) is 0. The van der Waals surface area contributed by atoms with Crippen LogP contribution in [-0.2, 0) is 6.54 Å². The molecule has 0 spiro atoms. The second-order valence-corrected chi connectivity index (χ2v) is 6.07. The minimum atomic E-state index is -0.538. The summed E-state index contributed by atoms with van der Waals surface area (Å²) in [4.78, 5) is 16.5. The Morgan fingerprint density at radius 3 is 2.83 bits per heavy atom. The van der Waals surface area contributed by atoms with Gasteiger partial charge in [-0.2, -0.15) is 0 Å². The Bertz CT molecular complexity index is 515. The van der Waals surface area contributed by atoms with Crippen LogP contribution in [0.5, 0.6) is 0 Å². The fourth-order valence-corrected chi connectivity index (χ4v) is 2.92. The van der Waals surface area contributed by atoms with Gasteiger partial charge in [-0.15, -0.1) is 5.10 Å². The van der Waals surface area contributed by atoms with Gasteiger partial charge in [0.25, 0.3) is 5.91 Å². The summed E-state index contributed by atoms with van der Waals surface area (Å²) in [5.41, 5.74) is 0.347. The average Bonchev–Trinajstić information content (AvgIpc) is 2.94.